The number of aromatic nitrogens is 2. The third kappa shape index (κ3) is 4.95. The van der Waals surface area contributed by atoms with E-state index in [-0.39, 0.29) is 6.03 Å². The SMILES string of the molecule is CC(CNC(=O)N1CCSC(C(C)C)C1)Cn1cccn1. The van der Waals surface area contributed by atoms with Gasteiger partial charge in [-0.3, -0.25) is 4.68 Å². The summed E-state index contributed by atoms with van der Waals surface area (Å²) in [4.78, 5) is 14.2. The molecule has 2 heterocycles. The van der Waals surface area contributed by atoms with Gasteiger partial charge in [-0.15, -0.1) is 0 Å². The standard InChI is InChI=1S/C15H26N4OS/c1-12(2)14-11-18(7-8-21-14)15(20)16-9-13(3)10-19-6-4-5-17-19/h4-6,12-14H,7-11H2,1-3H3,(H,16,20). The van der Waals surface area contributed by atoms with Gasteiger partial charge in [-0.25, -0.2) is 4.79 Å². The van der Waals surface area contributed by atoms with Gasteiger partial charge >= 0.3 is 6.03 Å². The van der Waals surface area contributed by atoms with E-state index in [2.05, 4.69) is 31.2 Å². The van der Waals surface area contributed by atoms with Crippen LogP contribution in [-0.4, -0.2) is 51.3 Å². The first kappa shape index (κ1) is 16.2. The minimum Gasteiger partial charge on any atom is -0.338 e. The van der Waals surface area contributed by atoms with Crippen LogP contribution in [0.5, 0.6) is 0 Å². The van der Waals surface area contributed by atoms with Crippen molar-refractivity contribution in [3.05, 3.63) is 18.5 Å². The summed E-state index contributed by atoms with van der Waals surface area (Å²) in [6.07, 6.45) is 3.73. The van der Waals surface area contributed by atoms with Crippen molar-refractivity contribution in [1.82, 2.24) is 20.0 Å². The van der Waals surface area contributed by atoms with Crippen LogP contribution in [0.3, 0.4) is 0 Å². The second kappa shape index (κ2) is 7.73. The molecule has 0 radical (unpaired) electrons. The summed E-state index contributed by atoms with van der Waals surface area (Å²) in [6.45, 7) is 9.82. The number of hydrogen-bond acceptors (Lipinski definition) is 3. The first-order chi connectivity index (χ1) is 10.1. The summed E-state index contributed by atoms with van der Waals surface area (Å²) in [5.41, 5.74) is 0. The van der Waals surface area contributed by atoms with E-state index >= 15 is 0 Å². The second-order valence-electron chi connectivity index (χ2n) is 6.12. The Balaban J connectivity index is 1.73. The number of urea groups is 1. The van der Waals surface area contributed by atoms with Crippen LogP contribution in [0, 0.1) is 11.8 Å². The number of nitrogens with zero attached hydrogens (tertiary/aromatic N) is 3. The fourth-order valence-corrected chi connectivity index (χ4v) is 3.73. The van der Waals surface area contributed by atoms with Crippen LogP contribution in [0.15, 0.2) is 18.5 Å². The monoisotopic (exact) mass is 310 g/mol. The molecule has 0 aliphatic carbocycles. The van der Waals surface area contributed by atoms with Crippen molar-refractivity contribution in [3.8, 4) is 0 Å². The zero-order valence-electron chi connectivity index (χ0n) is 13.2. The van der Waals surface area contributed by atoms with E-state index in [1.165, 1.54) is 0 Å². The van der Waals surface area contributed by atoms with Crippen LogP contribution < -0.4 is 5.32 Å². The van der Waals surface area contributed by atoms with Gasteiger partial charge in [0.25, 0.3) is 0 Å². The highest BCUT2D eigenvalue weighted by molar-refractivity contribution is 8.00. The van der Waals surface area contributed by atoms with E-state index in [1.807, 2.05) is 33.6 Å². The predicted octanol–water partition coefficient (Wildman–Crippen LogP) is 2.30. The Morgan fingerprint density at radius 2 is 2.29 bits per heavy atom. The molecule has 1 saturated heterocycles. The molecule has 2 rings (SSSR count). The Morgan fingerprint density at radius 1 is 1.48 bits per heavy atom. The Morgan fingerprint density at radius 3 is 2.95 bits per heavy atom. The Hall–Kier alpha value is -1.17. The molecular weight excluding hydrogens is 284 g/mol. The highest BCUT2D eigenvalue weighted by Crippen LogP contribution is 2.24. The highest BCUT2D eigenvalue weighted by atomic mass is 32.2. The molecule has 0 saturated carbocycles. The van der Waals surface area contributed by atoms with Crippen LogP contribution in [0.1, 0.15) is 20.8 Å². The van der Waals surface area contributed by atoms with Gasteiger partial charge in [-0.05, 0) is 17.9 Å². The molecule has 2 atom stereocenters. The van der Waals surface area contributed by atoms with E-state index in [4.69, 9.17) is 0 Å². The first-order valence-corrected chi connectivity index (χ1v) is 8.73. The number of nitrogens with one attached hydrogen (secondary N) is 1. The number of thioether (sulfide) groups is 1. The van der Waals surface area contributed by atoms with E-state index in [0.29, 0.717) is 23.6 Å². The summed E-state index contributed by atoms with van der Waals surface area (Å²) in [7, 11) is 0. The molecule has 2 amide bonds. The minimum absolute atomic E-state index is 0.0771. The summed E-state index contributed by atoms with van der Waals surface area (Å²) in [5.74, 6) is 2.03. The van der Waals surface area contributed by atoms with E-state index in [0.717, 1.165) is 25.4 Å². The zero-order valence-corrected chi connectivity index (χ0v) is 14.0. The third-order valence-electron chi connectivity index (χ3n) is 3.78. The normalized spacial score (nSPS) is 20.6. The minimum atomic E-state index is 0.0771. The van der Waals surface area contributed by atoms with E-state index in [1.54, 1.807) is 6.20 Å². The lowest BCUT2D eigenvalue weighted by Crippen LogP contribution is -2.49. The lowest BCUT2D eigenvalue weighted by atomic mass is 10.1. The molecule has 0 spiro atoms. The molecule has 1 aromatic heterocycles. The summed E-state index contributed by atoms with van der Waals surface area (Å²) >= 11 is 1.99. The van der Waals surface area contributed by atoms with Crippen molar-refractivity contribution in [2.24, 2.45) is 11.8 Å². The molecule has 6 heteroatoms. The van der Waals surface area contributed by atoms with Crippen LogP contribution in [0.2, 0.25) is 0 Å². The molecule has 1 aromatic rings. The number of amides is 2. The smallest absolute Gasteiger partial charge is 0.317 e. The van der Waals surface area contributed by atoms with Crippen molar-refractivity contribution >= 4 is 17.8 Å². The van der Waals surface area contributed by atoms with Gasteiger partial charge in [0, 0.05) is 49.6 Å². The largest absolute Gasteiger partial charge is 0.338 e. The van der Waals surface area contributed by atoms with E-state index in [9.17, 15) is 4.79 Å². The van der Waals surface area contributed by atoms with Crippen molar-refractivity contribution < 1.29 is 4.79 Å². The predicted molar refractivity (Wildman–Crippen MR) is 87.4 cm³/mol. The fraction of sp³-hybridized carbons (Fsp3) is 0.733. The number of carbonyl (C=O) groups is 1. The molecule has 1 N–H and O–H groups in total. The first-order valence-electron chi connectivity index (χ1n) is 7.68. The number of rotatable bonds is 5. The summed E-state index contributed by atoms with van der Waals surface area (Å²) < 4.78 is 1.91. The highest BCUT2D eigenvalue weighted by Gasteiger charge is 2.25. The topological polar surface area (TPSA) is 50.2 Å². The van der Waals surface area contributed by atoms with Crippen LogP contribution in [-0.2, 0) is 6.54 Å². The molecule has 1 aliphatic heterocycles. The van der Waals surface area contributed by atoms with Crippen LogP contribution in [0.25, 0.3) is 0 Å². The van der Waals surface area contributed by atoms with Gasteiger partial charge in [0.05, 0.1) is 0 Å². The molecular formula is C15H26N4OS. The lowest BCUT2D eigenvalue weighted by molar-refractivity contribution is 0.195. The van der Waals surface area contributed by atoms with Crippen LogP contribution in [0.4, 0.5) is 4.79 Å². The van der Waals surface area contributed by atoms with Gasteiger partial charge in [0.2, 0.25) is 0 Å². The Kier molecular flexibility index (Phi) is 5.96. The molecule has 1 fully saturated rings. The average Bonchev–Trinajstić information content (AvgIpc) is 2.97. The van der Waals surface area contributed by atoms with Gasteiger partial charge < -0.3 is 10.2 Å². The van der Waals surface area contributed by atoms with Crippen LogP contribution >= 0.6 is 11.8 Å². The molecule has 0 bridgehead atoms. The molecule has 21 heavy (non-hydrogen) atoms. The van der Waals surface area contributed by atoms with Gasteiger partial charge in [-0.1, -0.05) is 20.8 Å². The number of carbonyl (C=O) groups excluding carboxylic acids is 1. The second-order valence-corrected chi connectivity index (χ2v) is 7.47. The fourth-order valence-electron chi connectivity index (χ4n) is 2.43. The van der Waals surface area contributed by atoms with Crippen molar-refractivity contribution in [3.63, 3.8) is 0 Å². The van der Waals surface area contributed by atoms with Crippen molar-refractivity contribution in [2.45, 2.75) is 32.6 Å². The average molecular weight is 310 g/mol. The Bertz CT molecular complexity index is 435. The van der Waals surface area contributed by atoms with Crippen molar-refractivity contribution in [1.29, 1.82) is 0 Å². The molecule has 5 nitrogen and oxygen atoms in total. The number of hydrogen-bond donors (Lipinski definition) is 1. The van der Waals surface area contributed by atoms with Gasteiger partial charge in [0.1, 0.15) is 0 Å². The molecule has 118 valence electrons. The molecule has 0 aromatic carbocycles. The summed E-state index contributed by atoms with van der Waals surface area (Å²) in [6, 6.07) is 2.00. The van der Waals surface area contributed by atoms with Gasteiger partial charge in [-0.2, -0.15) is 16.9 Å². The lowest BCUT2D eigenvalue weighted by Gasteiger charge is -2.34. The van der Waals surface area contributed by atoms with Gasteiger partial charge in [0.15, 0.2) is 0 Å². The molecule has 2 unspecified atom stereocenters. The Labute approximate surface area is 131 Å². The maximum atomic E-state index is 12.3. The third-order valence-corrected chi connectivity index (χ3v) is 5.32. The van der Waals surface area contributed by atoms with Crippen molar-refractivity contribution in [2.75, 3.05) is 25.4 Å². The van der Waals surface area contributed by atoms with E-state index < -0.39 is 0 Å². The maximum Gasteiger partial charge on any atom is 0.317 e. The quantitative estimate of drug-likeness (QED) is 0.908. The zero-order chi connectivity index (χ0) is 15.2. The maximum absolute atomic E-state index is 12.3. The molecule has 1 aliphatic rings. The summed E-state index contributed by atoms with van der Waals surface area (Å²) in [5, 5.41) is 7.82.